The van der Waals surface area contributed by atoms with Gasteiger partial charge in [-0.15, -0.1) is 0 Å². The van der Waals surface area contributed by atoms with Gasteiger partial charge in [-0.05, 0) is 37.6 Å². The van der Waals surface area contributed by atoms with Crippen LogP contribution in [0, 0.1) is 0 Å². The fourth-order valence-electron chi connectivity index (χ4n) is 2.10. The van der Waals surface area contributed by atoms with Gasteiger partial charge >= 0.3 is 5.97 Å². The second kappa shape index (κ2) is 7.04. The summed E-state index contributed by atoms with van der Waals surface area (Å²) in [6, 6.07) is 6.60. The number of carbonyl (C=O) groups excluding carboxylic acids is 1. The highest BCUT2D eigenvalue weighted by molar-refractivity contribution is 7.90. The Morgan fingerprint density at radius 1 is 1.29 bits per heavy atom. The summed E-state index contributed by atoms with van der Waals surface area (Å²) in [5, 5.41) is 3.34. The molecule has 0 spiro atoms. The average molecular weight is 313 g/mol. The number of rotatable bonds is 7. The van der Waals surface area contributed by atoms with E-state index in [9.17, 15) is 13.2 Å². The Hall–Kier alpha value is -1.40. The second-order valence-corrected chi connectivity index (χ2v) is 7.32. The van der Waals surface area contributed by atoms with Crippen LogP contribution >= 0.6 is 0 Å². The number of nitrogens with one attached hydrogen (secondary N) is 1. The van der Waals surface area contributed by atoms with Gasteiger partial charge in [-0.25, -0.2) is 8.42 Å². The van der Waals surface area contributed by atoms with Crippen LogP contribution in [0.2, 0.25) is 0 Å². The first-order valence-electron chi connectivity index (χ1n) is 6.85. The van der Waals surface area contributed by atoms with E-state index in [1.54, 1.807) is 24.3 Å². The maximum absolute atomic E-state index is 11.6. The van der Waals surface area contributed by atoms with E-state index in [1.165, 1.54) is 13.4 Å². The standard InChI is InChI=1S/C15H23NO4S/c1-5-10-16-15(2,11-14(17)20-3)12-6-8-13(9-7-12)21(4,18)19/h6-9,16H,5,10-11H2,1-4H3. The maximum Gasteiger partial charge on any atom is 0.307 e. The zero-order valence-corrected chi connectivity index (χ0v) is 13.8. The molecule has 1 N–H and O–H groups in total. The minimum absolute atomic E-state index is 0.182. The molecule has 0 aliphatic carbocycles. The first-order valence-corrected chi connectivity index (χ1v) is 8.74. The Morgan fingerprint density at radius 3 is 2.29 bits per heavy atom. The first kappa shape index (κ1) is 17.7. The van der Waals surface area contributed by atoms with E-state index < -0.39 is 15.4 Å². The maximum atomic E-state index is 11.6. The van der Waals surface area contributed by atoms with Gasteiger partial charge in [-0.2, -0.15) is 0 Å². The summed E-state index contributed by atoms with van der Waals surface area (Å²) in [6.07, 6.45) is 2.28. The van der Waals surface area contributed by atoms with Gasteiger partial charge in [0.25, 0.3) is 0 Å². The van der Waals surface area contributed by atoms with Crippen molar-refractivity contribution in [3.8, 4) is 0 Å². The van der Waals surface area contributed by atoms with Crippen LogP contribution in [0.1, 0.15) is 32.3 Å². The van der Waals surface area contributed by atoms with Crippen molar-refractivity contribution < 1.29 is 17.9 Å². The van der Waals surface area contributed by atoms with Gasteiger partial charge in [-0.1, -0.05) is 19.1 Å². The number of methoxy groups -OCH3 is 1. The van der Waals surface area contributed by atoms with Crippen molar-refractivity contribution in [3.63, 3.8) is 0 Å². The number of hydrogen-bond acceptors (Lipinski definition) is 5. The largest absolute Gasteiger partial charge is 0.469 e. The van der Waals surface area contributed by atoms with Crippen LogP contribution in [-0.2, 0) is 24.9 Å². The van der Waals surface area contributed by atoms with Gasteiger partial charge in [0.15, 0.2) is 9.84 Å². The molecule has 1 unspecified atom stereocenters. The molecule has 0 heterocycles. The van der Waals surface area contributed by atoms with Gasteiger partial charge in [0.2, 0.25) is 0 Å². The molecule has 0 bridgehead atoms. The van der Waals surface area contributed by atoms with Crippen molar-refractivity contribution in [2.45, 2.75) is 37.1 Å². The Morgan fingerprint density at radius 2 is 1.86 bits per heavy atom. The minimum atomic E-state index is -3.22. The number of esters is 1. The van der Waals surface area contributed by atoms with Crippen LogP contribution in [0.5, 0.6) is 0 Å². The summed E-state index contributed by atoms with van der Waals surface area (Å²) < 4.78 is 27.8. The van der Waals surface area contributed by atoms with Crippen LogP contribution in [-0.4, -0.2) is 34.3 Å². The lowest BCUT2D eigenvalue weighted by molar-refractivity contribution is -0.142. The Kier molecular flexibility index (Phi) is 5.92. The molecule has 0 aliphatic heterocycles. The quantitative estimate of drug-likeness (QED) is 0.778. The third-order valence-electron chi connectivity index (χ3n) is 3.41. The molecule has 5 nitrogen and oxygen atoms in total. The molecule has 0 saturated heterocycles. The van der Waals surface area contributed by atoms with Crippen molar-refractivity contribution in [2.75, 3.05) is 19.9 Å². The second-order valence-electron chi connectivity index (χ2n) is 5.31. The molecule has 1 rings (SSSR count). The molecular weight excluding hydrogens is 290 g/mol. The predicted octanol–water partition coefficient (Wildman–Crippen LogP) is 1.87. The summed E-state index contributed by atoms with van der Waals surface area (Å²) in [5.41, 5.74) is 0.271. The monoisotopic (exact) mass is 313 g/mol. The summed E-state index contributed by atoms with van der Waals surface area (Å²) in [7, 11) is -1.87. The number of benzene rings is 1. The van der Waals surface area contributed by atoms with Gasteiger partial charge in [0.1, 0.15) is 0 Å². The van der Waals surface area contributed by atoms with E-state index in [0.29, 0.717) is 0 Å². The molecule has 6 heteroatoms. The van der Waals surface area contributed by atoms with Crippen molar-refractivity contribution in [1.82, 2.24) is 5.32 Å². The molecule has 1 aromatic rings. The smallest absolute Gasteiger partial charge is 0.307 e. The first-order chi connectivity index (χ1) is 9.73. The fraction of sp³-hybridized carbons (Fsp3) is 0.533. The van der Waals surface area contributed by atoms with Crippen molar-refractivity contribution in [1.29, 1.82) is 0 Å². The van der Waals surface area contributed by atoms with Crippen LogP contribution in [0.25, 0.3) is 0 Å². The van der Waals surface area contributed by atoms with E-state index >= 15 is 0 Å². The van der Waals surface area contributed by atoms with Crippen molar-refractivity contribution in [3.05, 3.63) is 29.8 Å². The normalized spacial score (nSPS) is 14.5. The molecule has 0 saturated carbocycles. The fourth-order valence-corrected chi connectivity index (χ4v) is 2.73. The zero-order valence-electron chi connectivity index (χ0n) is 13.0. The van der Waals surface area contributed by atoms with Crippen LogP contribution in [0.15, 0.2) is 29.2 Å². The summed E-state index contributed by atoms with van der Waals surface area (Å²) in [5.74, 6) is -0.312. The number of ether oxygens (including phenoxy) is 1. The minimum Gasteiger partial charge on any atom is -0.469 e. The van der Waals surface area contributed by atoms with Crippen LogP contribution in [0.4, 0.5) is 0 Å². The number of sulfone groups is 1. The highest BCUT2D eigenvalue weighted by atomic mass is 32.2. The topological polar surface area (TPSA) is 72.5 Å². The zero-order chi connectivity index (χ0) is 16.1. The highest BCUT2D eigenvalue weighted by Crippen LogP contribution is 2.26. The molecule has 21 heavy (non-hydrogen) atoms. The molecule has 1 atom stereocenters. The van der Waals surface area contributed by atoms with E-state index in [0.717, 1.165) is 18.5 Å². The lowest BCUT2D eigenvalue weighted by Crippen LogP contribution is -2.42. The molecular formula is C15H23NO4S. The van der Waals surface area contributed by atoms with E-state index in [-0.39, 0.29) is 17.3 Å². The Labute approximate surface area is 126 Å². The Balaban J connectivity index is 3.11. The summed E-state index contributed by atoms with van der Waals surface area (Å²) in [6.45, 7) is 4.70. The van der Waals surface area contributed by atoms with E-state index in [1.807, 2.05) is 13.8 Å². The van der Waals surface area contributed by atoms with Gasteiger partial charge in [0, 0.05) is 6.26 Å². The molecule has 0 aromatic heterocycles. The molecule has 0 amide bonds. The highest BCUT2D eigenvalue weighted by Gasteiger charge is 2.29. The van der Waals surface area contributed by atoms with Crippen LogP contribution in [0.3, 0.4) is 0 Å². The molecule has 118 valence electrons. The lowest BCUT2D eigenvalue weighted by Gasteiger charge is -2.30. The number of hydrogen-bond donors (Lipinski definition) is 1. The van der Waals surface area contributed by atoms with Gasteiger partial charge in [0.05, 0.1) is 24.0 Å². The average Bonchev–Trinajstić information content (AvgIpc) is 2.44. The molecule has 0 radical (unpaired) electrons. The third kappa shape index (κ3) is 4.82. The predicted molar refractivity (Wildman–Crippen MR) is 81.8 cm³/mol. The molecule has 0 aliphatic rings. The van der Waals surface area contributed by atoms with Gasteiger partial charge < -0.3 is 10.1 Å². The SMILES string of the molecule is CCCNC(C)(CC(=O)OC)c1ccc(S(C)(=O)=O)cc1. The summed E-state index contributed by atoms with van der Waals surface area (Å²) >= 11 is 0. The molecule has 0 fully saturated rings. The summed E-state index contributed by atoms with van der Waals surface area (Å²) in [4.78, 5) is 11.9. The third-order valence-corrected chi connectivity index (χ3v) is 4.54. The van der Waals surface area contributed by atoms with E-state index in [2.05, 4.69) is 5.32 Å². The van der Waals surface area contributed by atoms with Gasteiger partial charge in [-0.3, -0.25) is 4.79 Å². The number of carbonyl (C=O) groups is 1. The van der Waals surface area contributed by atoms with Crippen molar-refractivity contribution >= 4 is 15.8 Å². The Bertz CT molecular complexity index is 580. The van der Waals surface area contributed by atoms with Crippen molar-refractivity contribution in [2.24, 2.45) is 0 Å². The van der Waals surface area contributed by atoms with Crippen LogP contribution < -0.4 is 5.32 Å². The van der Waals surface area contributed by atoms with E-state index in [4.69, 9.17) is 4.74 Å². The molecule has 1 aromatic carbocycles. The lowest BCUT2D eigenvalue weighted by atomic mass is 9.88.